The molecule has 2 aromatic heterocycles. The van der Waals surface area contributed by atoms with Gasteiger partial charge in [0.2, 0.25) is 0 Å². The highest BCUT2D eigenvalue weighted by Crippen LogP contribution is 2.33. The molecular formula is C24H34N6O3. The number of fused-ring (bicyclic) bond motifs is 1. The third-order valence-corrected chi connectivity index (χ3v) is 6.62. The van der Waals surface area contributed by atoms with Gasteiger partial charge in [0.25, 0.3) is 5.56 Å². The molecule has 0 amide bonds. The van der Waals surface area contributed by atoms with Gasteiger partial charge in [-0.2, -0.15) is 0 Å². The van der Waals surface area contributed by atoms with Crippen molar-refractivity contribution in [3.8, 4) is 5.75 Å². The minimum Gasteiger partial charge on any atom is -0.497 e. The number of benzene rings is 1. The van der Waals surface area contributed by atoms with E-state index < -0.39 is 0 Å². The smallest absolute Gasteiger partial charge is 0.252 e. The van der Waals surface area contributed by atoms with E-state index in [1.54, 1.807) is 7.11 Å². The molecular weight excluding hydrogens is 420 g/mol. The summed E-state index contributed by atoms with van der Waals surface area (Å²) in [4.78, 5) is 18.0. The van der Waals surface area contributed by atoms with Crippen LogP contribution in [0.1, 0.15) is 69.4 Å². The van der Waals surface area contributed by atoms with Crippen LogP contribution in [0.15, 0.2) is 29.1 Å². The number of nitrogens with one attached hydrogen (secondary N) is 1. The fourth-order valence-electron chi connectivity index (χ4n) is 5.00. The van der Waals surface area contributed by atoms with Crippen LogP contribution in [0.2, 0.25) is 0 Å². The molecule has 4 rings (SSSR count). The number of aromatic nitrogens is 5. The number of aliphatic hydroxyl groups is 1. The Bertz CT molecular complexity index is 1120. The summed E-state index contributed by atoms with van der Waals surface area (Å²) >= 11 is 0. The van der Waals surface area contributed by atoms with Gasteiger partial charge in [-0.3, -0.25) is 9.69 Å². The molecule has 1 atom stereocenters. The molecule has 0 unspecified atom stereocenters. The van der Waals surface area contributed by atoms with Crippen molar-refractivity contribution < 1.29 is 9.84 Å². The number of nitrogens with zero attached hydrogens (tertiary/aromatic N) is 5. The Kier molecular flexibility index (Phi) is 7.39. The van der Waals surface area contributed by atoms with Crippen molar-refractivity contribution in [2.75, 3.05) is 20.3 Å². The monoisotopic (exact) mass is 454 g/mol. The summed E-state index contributed by atoms with van der Waals surface area (Å²) in [5.74, 6) is 1.73. The highest BCUT2D eigenvalue weighted by Gasteiger charge is 2.32. The van der Waals surface area contributed by atoms with Gasteiger partial charge in [0.1, 0.15) is 5.75 Å². The van der Waals surface area contributed by atoms with E-state index in [4.69, 9.17) is 4.74 Å². The standard InChI is InChI=1S/C24H34N6O3/c1-16(2)22(23-26-27-28-30(23)19-7-5-4-6-8-19)29(11-12-31)15-18-13-17-14-20(33-3)9-10-21(17)25-24(18)32/h9-10,13-14,16,19,22,31H,4-8,11-12,15H2,1-3H3,(H,25,32)/t22-/m1/s1. The molecule has 33 heavy (non-hydrogen) atoms. The molecule has 0 bridgehead atoms. The number of aliphatic hydroxyl groups excluding tert-OH is 1. The molecule has 0 radical (unpaired) electrons. The number of ether oxygens (including phenoxy) is 1. The average Bonchev–Trinajstić information content (AvgIpc) is 3.29. The van der Waals surface area contributed by atoms with Gasteiger partial charge in [0, 0.05) is 29.6 Å². The van der Waals surface area contributed by atoms with E-state index in [2.05, 4.69) is 39.3 Å². The largest absolute Gasteiger partial charge is 0.497 e. The van der Waals surface area contributed by atoms with E-state index in [0.29, 0.717) is 24.7 Å². The molecule has 0 aliphatic heterocycles. The van der Waals surface area contributed by atoms with Crippen molar-refractivity contribution in [3.63, 3.8) is 0 Å². The van der Waals surface area contributed by atoms with Crippen LogP contribution in [0.5, 0.6) is 5.75 Å². The van der Waals surface area contributed by atoms with Crippen LogP contribution in [-0.4, -0.2) is 55.5 Å². The first-order valence-electron chi connectivity index (χ1n) is 11.8. The lowest BCUT2D eigenvalue weighted by molar-refractivity contribution is 0.103. The summed E-state index contributed by atoms with van der Waals surface area (Å²) in [7, 11) is 1.63. The topological polar surface area (TPSA) is 109 Å². The van der Waals surface area contributed by atoms with E-state index >= 15 is 0 Å². The number of methoxy groups -OCH3 is 1. The van der Waals surface area contributed by atoms with E-state index in [1.807, 2.05) is 28.9 Å². The summed E-state index contributed by atoms with van der Waals surface area (Å²) < 4.78 is 7.33. The maximum Gasteiger partial charge on any atom is 0.252 e. The maximum atomic E-state index is 12.9. The Morgan fingerprint density at radius 1 is 1.24 bits per heavy atom. The third kappa shape index (κ3) is 5.09. The molecule has 1 fully saturated rings. The number of aromatic amines is 1. The summed E-state index contributed by atoms with van der Waals surface area (Å²) in [5, 5.41) is 23.6. The van der Waals surface area contributed by atoms with Crippen molar-refractivity contribution in [1.82, 2.24) is 30.1 Å². The van der Waals surface area contributed by atoms with Crippen LogP contribution in [0.25, 0.3) is 10.9 Å². The first kappa shape index (κ1) is 23.4. The third-order valence-electron chi connectivity index (χ3n) is 6.62. The lowest BCUT2D eigenvalue weighted by Crippen LogP contribution is -2.38. The van der Waals surface area contributed by atoms with Crippen LogP contribution in [0, 0.1) is 5.92 Å². The van der Waals surface area contributed by atoms with Gasteiger partial charge < -0.3 is 14.8 Å². The molecule has 1 aromatic carbocycles. The second-order valence-corrected chi connectivity index (χ2v) is 9.23. The average molecular weight is 455 g/mol. The van der Waals surface area contributed by atoms with Crippen molar-refractivity contribution in [1.29, 1.82) is 0 Å². The zero-order valence-corrected chi connectivity index (χ0v) is 19.7. The fourth-order valence-corrected chi connectivity index (χ4v) is 5.00. The Hall–Kier alpha value is -2.78. The second kappa shape index (κ2) is 10.4. The highest BCUT2D eigenvalue weighted by atomic mass is 16.5. The van der Waals surface area contributed by atoms with Gasteiger partial charge in [0.15, 0.2) is 5.82 Å². The van der Waals surface area contributed by atoms with Crippen LogP contribution in [0.3, 0.4) is 0 Å². The van der Waals surface area contributed by atoms with Gasteiger partial charge in [0.05, 0.1) is 25.8 Å². The first-order valence-corrected chi connectivity index (χ1v) is 11.8. The molecule has 0 saturated heterocycles. The van der Waals surface area contributed by atoms with E-state index in [0.717, 1.165) is 35.3 Å². The lowest BCUT2D eigenvalue weighted by atomic mass is 9.94. The first-order chi connectivity index (χ1) is 16.0. The Morgan fingerprint density at radius 2 is 2.03 bits per heavy atom. The normalized spacial score (nSPS) is 16.1. The second-order valence-electron chi connectivity index (χ2n) is 9.23. The Balaban J connectivity index is 1.69. The lowest BCUT2D eigenvalue weighted by Gasteiger charge is -2.34. The maximum absolute atomic E-state index is 12.9. The Morgan fingerprint density at radius 3 is 2.73 bits per heavy atom. The highest BCUT2D eigenvalue weighted by molar-refractivity contribution is 5.80. The molecule has 0 spiro atoms. The van der Waals surface area contributed by atoms with E-state index in [9.17, 15) is 9.90 Å². The summed E-state index contributed by atoms with van der Waals surface area (Å²) in [6.45, 7) is 5.03. The molecule has 1 aliphatic rings. The number of hydrogen-bond acceptors (Lipinski definition) is 7. The van der Waals surface area contributed by atoms with Gasteiger partial charge in [-0.15, -0.1) is 5.10 Å². The Labute approximate surface area is 193 Å². The minimum absolute atomic E-state index is 0.0203. The predicted molar refractivity (Wildman–Crippen MR) is 126 cm³/mol. The quantitative estimate of drug-likeness (QED) is 0.511. The molecule has 9 heteroatoms. The zero-order chi connectivity index (χ0) is 23.4. The summed E-state index contributed by atoms with van der Waals surface area (Å²) in [6.07, 6.45) is 5.79. The van der Waals surface area contributed by atoms with Crippen molar-refractivity contribution in [3.05, 3.63) is 46.0 Å². The van der Waals surface area contributed by atoms with Crippen LogP contribution in [-0.2, 0) is 6.54 Å². The molecule has 178 valence electrons. The number of pyridine rings is 1. The number of hydrogen-bond donors (Lipinski definition) is 2. The molecule has 1 saturated carbocycles. The summed E-state index contributed by atoms with van der Waals surface area (Å²) in [6, 6.07) is 7.67. The zero-order valence-electron chi connectivity index (χ0n) is 19.7. The van der Waals surface area contributed by atoms with Crippen LogP contribution < -0.4 is 10.3 Å². The number of H-pyrrole nitrogens is 1. The molecule has 9 nitrogen and oxygen atoms in total. The van der Waals surface area contributed by atoms with Crippen LogP contribution >= 0.6 is 0 Å². The molecule has 2 N–H and O–H groups in total. The van der Waals surface area contributed by atoms with Crippen molar-refractivity contribution in [2.45, 2.75) is 64.6 Å². The fraction of sp³-hybridized carbons (Fsp3) is 0.583. The van der Waals surface area contributed by atoms with Gasteiger partial charge in [-0.25, -0.2) is 4.68 Å². The SMILES string of the molecule is COc1ccc2[nH]c(=O)c(CN(CCO)[C@@H](c3nnnn3C3CCCCC3)C(C)C)cc2c1. The van der Waals surface area contributed by atoms with E-state index in [1.165, 1.54) is 19.3 Å². The van der Waals surface area contributed by atoms with Gasteiger partial charge >= 0.3 is 0 Å². The van der Waals surface area contributed by atoms with Crippen LogP contribution in [0.4, 0.5) is 0 Å². The van der Waals surface area contributed by atoms with Gasteiger partial charge in [-0.1, -0.05) is 33.1 Å². The molecule has 2 heterocycles. The predicted octanol–water partition coefficient (Wildman–Crippen LogP) is 3.22. The van der Waals surface area contributed by atoms with Crippen molar-refractivity contribution in [2.24, 2.45) is 5.92 Å². The molecule has 1 aliphatic carbocycles. The molecule has 3 aromatic rings. The van der Waals surface area contributed by atoms with Crippen molar-refractivity contribution >= 4 is 10.9 Å². The number of tetrazole rings is 1. The minimum atomic E-state index is -0.134. The van der Waals surface area contributed by atoms with Gasteiger partial charge in [-0.05, 0) is 53.5 Å². The number of rotatable bonds is 9. The summed E-state index contributed by atoms with van der Waals surface area (Å²) in [5.41, 5.74) is 1.26. The van der Waals surface area contributed by atoms with E-state index in [-0.39, 0.29) is 24.1 Å².